The van der Waals surface area contributed by atoms with Gasteiger partial charge in [-0.2, -0.15) is 5.10 Å². The van der Waals surface area contributed by atoms with Crippen LogP contribution in [0.4, 0.5) is 0 Å². The van der Waals surface area contributed by atoms with Gasteiger partial charge in [-0.1, -0.05) is 13.8 Å². The summed E-state index contributed by atoms with van der Waals surface area (Å²) in [7, 11) is 0. The quantitative estimate of drug-likeness (QED) is 0.661. The third-order valence-electron chi connectivity index (χ3n) is 1.96. The molecular formula is C8H12N2O. The molecule has 11 heavy (non-hydrogen) atoms. The van der Waals surface area contributed by atoms with Crippen LogP contribution in [0.3, 0.4) is 0 Å². The predicted molar refractivity (Wildman–Crippen MR) is 41.9 cm³/mol. The Morgan fingerprint density at radius 3 is 3.09 bits per heavy atom. The Balaban J connectivity index is 2.42. The maximum atomic E-state index is 5.44. The summed E-state index contributed by atoms with van der Waals surface area (Å²) in [6.07, 6.45) is 0.981. The molecule has 3 nitrogen and oxygen atoms in total. The number of fused-ring (bicyclic) bond motifs is 1. The Hall–Kier alpha value is -0.990. The highest BCUT2D eigenvalue weighted by molar-refractivity contribution is 5.37. The van der Waals surface area contributed by atoms with Crippen molar-refractivity contribution in [1.82, 2.24) is 10.2 Å². The van der Waals surface area contributed by atoms with Gasteiger partial charge in [0.15, 0.2) is 5.75 Å². The molecule has 0 fully saturated rings. The largest absolute Gasteiger partial charge is 0.489 e. The van der Waals surface area contributed by atoms with E-state index < -0.39 is 0 Å². The topological polar surface area (TPSA) is 37.9 Å². The van der Waals surface area contributed by atoms with E-state index >= 15 is 0 Å². The fraction of sp³-hybridized carbons (Fsp3) is 0.625. The zero-order valence-electron chi connectivity index (χ0n) is 6.85. The van der Waals surface area contributed by atoms with E-state index in [2.05, 4.69) is 24.0 Å². The fourth-order valence-electron chi connectivity index (χ4n) is 1.36. The lowest BCUT2D eigenvalue weighted by molar-refractivity contribution is 0.350. The Bertz CT molecular complexity index is 265. The number of rotatable bonds is 1. The molecule has 0 radical (unpaired) electrons. The molecule has 0 atom stereocenters. The summed E-state index contributed by atoms with van der Waals surface area (Å²) < 4.78 is 5.44. The number of ether oxygens (including phenoxy) is 1. The van der Waals surface area contributed by atoms with Gasteiger partial charge in [0, 0.05) is 12.3 Å². The number of hydrogen-bond acceptors (Lipinski definition) is 2. The summed E-state index contributed by atoms with van der Waals surface area (Å²) >= 11 is 0. The van der Waals surface area contributed by atoms with Crippen molar-refractivity contribution in [2.75, 3.05) is 6.61 Å². The molecule has 1 aliphatic rings. The number of aromatic amines is 1. The van der Waals surface area contributed by atoms with Crippen molar-refractivity contribution in [2.24, 2.45) is 0 Å². The highest BCUT2D eigenvalue weighted by atomic mass is 16.5. The molecule has 1 N–H and O–H groups in total. The van der Waals surface area contributed by atoms with Crippen molar-refractivity contribution in [3.8, 4) is 5.75 Å². The van der Waals surface area contributed by atoms with E-state index in [0.717, 1.165) is 30.2 Å². The smallest absolute Gasteiger partial charge is 0.163 e. The average Bonchev–Trinajstić information content (AvgIpc) is 2.41. The fourth-order valence-corrected chi connectivity index (χ4v) is 1.36. The zero-order chi connectivity index (χ0) is 7.84. The zero-order valence-corrected chi connectivity index (χ0v) is 6.85. The van der Waals surface area contributed by atoms with Gasteiger partial charge in [0.05, 0.1) is 12.3 Å². The number of hydrogen-bond donors (Lipinski definition) is 1. The lowest BCUT2D eigenvalue weighted by Crippen LogP contribution is -1.95. The van der Waals surface area contributed by atoms with Crippen molar-refractivity contribution >= 4 is 0 Å². The van der Waals surface area contributed by atoms with Gasteiger partial charge in [0.25, 0.3) is 0 Å². The maximum absolute atomic E-state index is 5.44. The van der Waals surface area contributed by atoms with Gasteiger partial charge in [0.1, 0.15) is 5.69 Å². The second-order valence-electron chi connectivity index (χ2n) is 3.17. The summed E-state index contributed by atoms with van der Waals surface area (Å²) in [5.41, 5.74) is 2.23. The lowest BCUT2D eigenvalue weighted by Gasteiger charge is -2.01. The van der Waals surface area contributed by atoms with Crippen LogP contribution in [0.1, 0.15) is 31.2 Å². The molecule has 60 valence electrons. The van der Waals surface area contributed by atoms with Crippen molar-refractivity contribution < 1.29 is 4.74 Å². The summed E-state index contributed by atoms with van der Waals surface area (Å²) in [4.78, 5) is 0. The SMILES string of the molecule is CC(C)c1n[nH]c2c1OCC2. The summed E-state index contributed by atoms with van der Waals surface area (Å²) in [6, 6.07) is 0. The number of aromatic nitrogens is 2. The number of nitrogens with zero attached hydrogens (tertiary/aromatic N) is 1. The van der Waals surface area contributed by atoms with Gasteiger partial charge in [-0.25, -0.2) is 0 Å². The summed E-state index contributed by atoms with van der Waals surface area (Å²) in [6.45, 7) is 5.06. The normalized spacial score (nSPS) is 15.2. The monoisotopic (exact) mass is 152 g/mol. The van der Waals surface area contributed by atoms with Crippen LogP contribution in [0, 0.1) is 0 Å². The van der Waals surface area contributed by atoms with Crippen LogP contribution < -0.4 is 4.74 Å². The van der Waals surface area contributed by atoms with Gasteiger partial charge in [-0.15, -0.1) is 0 Å². The van der Waals surface area contributed by atoms with E-state index in [4.69, 9.17) is 4.74 Å². The van der Waals surface area contributed by atoms with Crippen molar-refractivity contribution in [3.05, 3.63) is 11.4 Å². The van der Waals surface area contributed by atoms with Gasteiger partial charge >= 0.3 is 0 Å². The van der Waals surface area contributed by atoms with Gasteiger partial charge in [-0.05, 0) is 0 Å². The predicted octanol–water partition coefficient (Wildman–Crippen LogP) is 1.47. The van der Waals surface area contributed by atoms with E-state index in [1.165, 1.54) is 0 Å². The third kappa shape index (κ3) is 0.914. The Labute approximate surface area is 65.8 Å². The molecule has 3 heteroatoms. The minimum Gasteiger partial charge on any atom is -0.489 e. The van der Waals surface area contributed by atoms with Crippen LogP contribution >= 0.6 is 0 Å². The second-order valence-corrected chi connectivity index (χ2v) is 3.17. The molecule has 2 heterocycles. The highest BCUT2D eigenvalue weighted by Gasteiger charge is 2.21. The van der Waals surface area contributed by atoms with Crippen LogP contribution in [0.25, 0.3) is 0 Å². The number of H-pyrrole nitrogens is 1. The van der Waals surface area contributed by atoms with Crippen LogP contribution in [0.5, 0.6) is 5.75 Å². The van der Waals surface area contributed by atoms with E-state index in [0.29, 0.717) is 5.92 Å². The van der Waals surface area contributed by atoms with Crippen LogP contribution in [-0.4, -0.2) is 16.8 Å². The van der Waals surface area contributed by atoms with E-state index in [-0.39, 0.29) is 0 Å². The molecular weight excluding hydrogens is 140 g/mol. The van der Waals surface area contributed by atoms with Gasteiger partial charge < -0.3 is 4.74 Å². The minimum absolute atomic E-state index is 0.452. The lowest BCUT2D eigenvalue weighted by atomic mass is 10.1. The average molecular weight is 152 g/mol. The Kier molecular flexibility index (Phi) is 1.37. The third-order valence-corrected chi connectivity index (χ3v) is 1.96. The second kappa shape index (κ2) is 2.26. The van der Waals surface area contributed by atoms with Crippen molar-refractivity contribution in [1.29, 1.82) is 0 Å². The minimum atomic E-state index is 0.452. The molecule has 1 aliphatic heterocycles. The van der Waals surface area contributed by atoms with E-state index in [1.54, 1.807) is 0 Å². The first-order valence-corrected chi connectivity index (χ1v) is 3.99. The van der Waals surface area contributed by atoms with Gasteiger partial charge in [0.2, 0.25) is 0 Å². The van der Waals surface area contributed by atoms with Crippen molar-refractivity contribution in [3.63, 3.8) is 0 Å². The first-order chi connectivity index (χ1) is 5.29. The Morgan fingerprint density at radius 1 is 1.55 bits per heavy atom. The summed E-state index contributed by atoms with van der Waals surface area (Å²) in [5, 5.41) is 7.18. The molecule has 1 aromatic rings. The van der Waals surface area contributed by atoms with Crippen LogP contribution in [-0.2, 0) is 6.42 Å². The summed E-state index contributed by atoms with van der Waals surface area (Å²) in [5.74, 6) is 1.45. The highest BCUT2D eigenvalue weighted by Crippen LogP contribution is 2.31. The molecule has 0 aromatic carbocycles. The van der Waals surface area contributed by atoms with E-state index in [1.807, 2.05) is 0 Å². The maximum Gasteiger partial charge on any atom is 0.163 e. The molecule has 0 aliphatic carbocycles. The molecule has 0 saturated heterocycles. The molecule has 2 rings (SSSR count). The molecule has 0 saturated carbocycles. The standard InChI is InChI=1S/C8H12N2O/c1-5(2)7-8-6(9-10-7)3-4-11-8/h5H,3-4H2,1-2H3,(H,9,10). The molecule has 0 bridgehead atoms. The molecule has 0 amide bonds. The van der Waals surface area contributed by atoms with Crippen molar-refractivity contribution in [2.45, 2.75) is 26.2 Å². The van der Waals surface area contributed by atoms with E-state index in [9.17, 15) is 0 Å². The first-order valence-electron chi connectivity index (χ1n) is 3.99. The molecule has 0 unspecified atom stereocenters. The van der Waals surface area contributed by atoms with Crippen LogP contribution in [0.15, 0.2) is 0 Å². The molecule has 1 aromatic heterocycles. The van der Waals surface area contributed by atoms with Gasteiger partial charge in [-0.3, -0.25) is 5.10 Å². The first kappa shape index (κ1) is 6.70. The number of nitrogens with one attached hydrogen (secondary N) is 1. The Morgan fingerprint density at radius 2 is 2.36 bits per heavy atom. The molecule has 0 spiro atoms. The van der Waals surface area contributed by atoms with Crippen LogP contribution in [0.2, 0.25) is 0 Å².